The highest BCUT2D eigenvalue weighted by Gasteiger charge is 2.56. The Kier molecular flexibility index (Phi) is 3.07. The number of hydrogen-bond donors (Lipinski definition) is 1. The van der Waals surface area contributed by atoms with Crippen molar-refractivity contribution >= 4 is 15.9 Å². The molecule has 2 aliphatic rings. The molecule has 0 unspecified atom stereocenters. The summed E-state index contributed by atoms with van der Waals surface area (Å²) in [4.78, 5) is 12.1. The van der Waals surface area contributed by atoms with Gasteiger partial charge in [0.25, 0.3) is 10.0 Å². The van der Waals surface area contributed by atoms with Crippen molar-refractivity contribution in [2.75, 3.05) is 6.61 Å². The molecule has 1 aromatic rings. The highest BCUT2D eigenvalue weighted by atomic mass is 32.2. The van der Waals surface area contributed by atoms with E-state index in [4.69, 9.17) is 4.74 Å². The molecular weight excluding hydrogens is 282 g/mol. The standard InChI is InChI=1S/C13H15NO5S/c1-8-2-4-9(5-3-8)20(17,18)14-10(7-15)13-11(19-13)6-12(14)16/h2-5,10-11,13,15H,6-7H2,1H3/t10-,11+,13-/m1/s1. The Morgan fingerprint density at radius 3 is 2.60 bits per heavy atom. The van der Waals surface area contributed by atoms with Crippen LogP contribution in [0.3, 0.4) is 0 Å². The zero-order valence-corrected chi connectivity index (χ0v) is 11.7. The summed E-state index contributed by atoms with van der Waals surface area (Å²) in [5.74, 6) is -0.525. The van der Waals surface area contributed by atoms with Gasteiger partial charge in [0, 0.05) is 0 Å². The average Bonchev–Trinajstić information content (AvgIpc) is 3.16. The van der Waals surface area contributed by atoms with Crippen molar-refractivity contribution in [3.05, 3.63) is 29.8 Å². The summed E-state index contributed by atoms with van der Waals surface area (Å²) >= 11 is 0. The number of aryl methyl sites for hydroxylation is 1. The lowest BCUT2D eigenvalue weighted by atomic mass is 10.1. The first-order valence-electron chi connectivity index (χ1n) is 6.35. The number of benzene rings is 1. The average molecular weight is 297 g/mol. The van der Waals surface area contributed by atoms with Gasteiger partial charge in [0.15, 0.2) is 0 Å². The van der Waals surface area contributed by atoms with Crippen LogP contribution in [0, 0.1) is 6.92 Å². The van der Waals surface area contributed by atoms with Crippen LogP contribution in [0.5, 0.6) is 0 Å². The Bertz CT molecular complexity index is 639. The number of carbonyl (C=O) groups excluding carboxylic acids is 1. The molecule has 0 spiro atoms. The molecule has 2 saturated heterocycles. The molecule has 2 aliphatic heterocycles. The number of nitrogens with zero attached hydrogens (tertiary/aromatic N) is 1. The lowest BCUT2D eigenvalue weighted by molar-refractivity contribution is -0.129. The number of sulfonamides is 1. The fourth-order valence-corrected chi connectivity index (χ4v) is 4.15. The van der Waals surface area contributed by atoms with Crippen molar-refractivity contribution in [3.8, 4) is 0 Å². The van der Waals surface area contributed by atoms with E-state index in [0.29, 0.717) is 0 Å². The predicted octanol–water partition coefficient (Wildman–Crippen LogP) is 0.0443. The van der Waals surface area contributed by atoms with Gasteiger partial charge in [-0.2, -0.15) is 0 Å². The normalized spacial score (nSPS) is 29.2. The molecule has 6 nitrogen and oxygen atoms in total. The molecular formula is C13H15NO5S. The smallest absolute Gasteiger partial charge is 0.266 e. The van der Waals surface area contributed by atoms with Crippen LogP contribution < -0.4 is 0 Å². The van der Waals surface area contributed by atoms with E-state index in [9.17, 15) is 18.3 Å². The van der Waals surface area contributed by atoms with Gasteiger partial charge in [0.1, 0.15) is 12.1 Å². The molecule has 0 saturated carbocycles. The molecule has 1 amide bonds. The topological polar surface area (TPSA) is 87.2 Å². The van der Waals surface area contributed by atoms with E-state index in [1.165, 1.54) is 12.1 Å². The lowest BCUT2D eigenvalue weighted by Gasteiger charge is -2.31. The Morgan fingerprint density at radius 1 is 1.35 bits per heavy atom. The van der Waals surface area contributed by atoms with Gasteiger partial charge in [-0.1, -0.05) is 17.7 Å². The highest BCUT2D eigenvalue weighted by molar-refractivity contribution is 7.89. The Balaban J connectivity index is 2.00. The molecule has 0 bridgehead atoms. The van der Waals surface area contributed by atoms with Gasteiger partial charge < -0.3 is 9.84 Å². The third kappa shape index (κ3) is 2.02. The molecule has 1 aromatic carbocycles. The van der Waals surface area contributed by atoms with Gasteiger partial charge >= 0.3 is 0 Å². The Morgan fingerprint density at radius 2 is 2.00 bits per heavy atom. The third-order valence-electron chi connectivity index (χ3n) is 3.69. The molecule has 2 heterocycles. The summed E-state index contributed by atoms with van der Waals surface area (Å²) in [6, 6.07) is 5.45. The van der Waals surface area contributed by atoms with Gasteiger partial charge in [-0.15, -0.1) is 0 Å². The molecule has 20 heavy (non-hydrogen) atoms. The molecule has 0 radical (unpaired) electrons. The molecule has 108 valence electrons. The number of carbonyl (C=O) groups is 1. The fourth-order valence-electron chi connectivity index (χ4n) is 2.55. The van der Waals surface area contributed by atoms with Crippen LogP contribution in [0.25, 0.3) is 0 Å². The summed E-state index contributed by atoms with van der Waals surface area (Å²) in [6.07, 6.45) is -0.575. The minimum absolute atomic E-state index is 0.0479. The van der Waals surface area contributed by atoms with E-state index in [1.54, 1.807) is 12.1 Å². The number of aliphatic hydroxyl groups excluding tert-OH is 1. The van der Waals surface area contributed by atoms with Crippen LogP contribution in [0.4, 0.5) is 0 Å². The summed E-state index contributed by atoms with van der Waals surface area (Å²) in [6.45, 7) is 1.42. The number of rotatable bonds is 3. The van der Waals surface area contributed by atoms with Crippen molar-refractivity contribution < 1.29 is 23.1 Å². The molecule has 2 fully saturated rings. The van der Waals surface area contributed by atoms with Gasteiger partial charge in [-0.3, -0.25) is 4.79 Å². The Hall–Kier alpha value is -1.44. The molecule has 0 aliphatic carbocycles. The predicted molar refractivity (Wildman–Crippen MR) is 69.4 cm³/mol. The maximum absolute atomic E-state index is 12.6. The van der Waals surface area contributed by atoms with E-state index < -0.39 is 28.6 Å². The second kappa shape index (κ2) is 4.54. The first-order valence-corrected chi connectivity index (χ1v) is 7.79. The quantitative estimate of drug-likeness (QED) is 0.796. The van der Waals surface area contributed by atoms with Crippen LogP contribution in [-0.4, -0.2) is 48.6 Å². The zero-order valence-electron chi connectivity index (χ0n) is 10.9. The van der Waals surface area contributed by atoms with Gasteiger partial charge in [0.05, 0.1) is 24.0 Å². The number of amides is 1. The minimum Gasteiger partial charge on any atom is -0.394 e. The van der Waals surface area contributed by atoms with E-state index in [0.717, 1.165) is 9.87 Å². The van der Waals surface area contributed by atoms with Gasteiger partial charge in [-0.25, -0.2) is 12.7 Å². The maximum Gasteiger partial charge on any atom is 0.266 e. The molecule has 3 rings (SSSR count). The second-order valence-electron chi connectivity index (χ2n) is 5.10. The number of piperidine rings is 1. The summed E-state index contributed by atoms with van der Waals surface area (Å²) in [5.41, 5.74) is 0.929. The SMILES string of the molecule is Cc1ccc(S(=O)(=O)N2C(=O)C[C@@H]3O[C@@H]3[C@H]2CO)cc1. The van der Waals surface area contributed by atoms with Crippen LogP contribution in [0.1, 0.15) is 12.0 Å². The third-order valence-corrected chi connectivity index (χ3v) is 5.55. The van der Waals surface area contributed by atoms with Crippen molar-refractivity contribution in [1.82, 2.24) is 4.31 Å². The number of hydrogen-bond acceptors (Lipinski definition) is 5. The number of ether oxygens (including phenoxy) is 1. The van der Waals surface area contributed by atoms with Crippen molar-refractivity contribution in [2.45, 2.75) is 36.5 Å². The highest BCUT2D eigenvalue weighted by Crippen LogP contribution is 2.38. The Labute approximate surface area is 117 Å². The molecule has 3 atom stereocenters. The monoisotopic (exact) mass is 297 g/mol. The van der Waals surface area contributed by atoms with Crippen molar-refractivity contribution in [3.63, 3.8) is 0 Å². The number of fused-ring (bicyclic) bond motifs is 1. The maximum atomic E-state index is 12.6. The largest absolute Gasteiger partial charge is 0.394 e. The molecule has 7 heteroatoms. The number of epoxide rings is 1. The fraction of sp³-hybridized carbons (Fsp3) is 0.462. The lowest BCUT2D eigenvalue weighted by Crippen LogP contribution is -2.52. The molecule has 0 aromatic heterocycles. The van der Waals surface area contributed by atoms with Crippen LogP contribution >= 0.6 is 0 Å². The van der Waals surface area contributed by atoms with E-state index in [2.05, 4.69) is 0 Å². The minimum atomic E-state index is -3.95. The van der Waals surface area contributed by atoms with E-state index in [1.807, 2.05) is 6.92 Å². The summed E-state index contributed by atoms with van der Waals surface area (Å²) < 4.78 is 31.2. The summed E-state index contributed by atoms with van der Waals surface area (Å²) in [7, 11) is -3.95. The van der Waals surface area contributed by atoms with Crippen LogP contribution in [0.15, 0.2) is 29.2 Å². The van der Waals surface area contributed by atoms with Gasteiger partial charge in [-0.05, 0) is 19.1 Å². The van der Waals surface area contributed by atoms with E-state index >= 15 is 0 Å². The van der Waals surface area contributed by atoms with Crippen LogP contribution in [0.2, 0.25) is 0 Å². The van der Waals surface area contributed by atoms with Crippen molar-refractivity contribution in [2.24, 2.45) is 0 Å². The van der Waals surface area contributed by atoms with E-state index in [-0.39, 0.29) is 23.5 Å². The molecule has 1 N–H and O–H groups in total. The first kappa shape index (κ1) is 13.5. The van der Waals surface area contributed by atoms with Crippen LogP contribution in [-0.2, 0) is 19.6 Å². The van der Waals surface area contributed by atoms with Crippen molar-refractivity contribution in [1.29, 1.82) is 0 Å². The summed E-state index contributed by atoms with van der Waals surface area (Å²) in [5, 5.41) is 9.39. The number of aliphatic hydroxyl groups is 1. The first-order chi connectivity index (χ1) is 9.45. The second-order valence-corrected chi connectivity index (χ2v) is 6.92. The zero-order chi connectivity index (χ0) is 14.5. The van der Waals surface area contributed by atoms with Gasteiger partial charge in [0.2, 0.25) is 5.91 Å².